The number of rotatable bonds is 7. The van der Waals surface area contributed by atoms with Crippen molar-refractivity contribution in [3.8, 4) is 11.1 Å². The van der Waals surface area contributed by atoms with Gasteiger partial charge < -0.3 is 25.0 Å². The molecule has 2 saturated heterocycles. The number of likely N-dealkylation sites (N-methyl/N-ethyl adjacent to an activating group) is 1. The molecule has 43 heavy (non-hydrogen) atoms. The van der Waals surface area contributed by atoms with Crippen LogP contribution in [0.4, 0.5) is 28.9 Å². The van der Waals surface area contributed by atoms with Gasteiger partial charge in [-0.05, 0) is 42.4 Å². The minimum Gasteiger partial charge on any atom is -0.395 e. The Morgan fingerprint density at radius 3 is 2.58 bits per heavy atom. The number of hydrogen-bond acceptors (Lipinski definition) is 7. The van der Waals surface area contributed by atoms with Gasteiger partial charge in [0.15, 0.2) is 0 Å². The maximum Gasteiger partial charge on any atom is 0.417 e. The van der Waals surface area contributed by atoms with Gasteiger partial charge in [0, 0.05) is 57.1 Å². The van der Waals surface area contributed by atoms with Gasteiger partial charge in [-0.15, -0.1) is 0 Å². The van der Waals surface area contributed by atoms with Gasteiger partial charge in [-0.2, -0.15) is 13.2 Å². The van der Waals surface area contributed by atoms with E-state index in [2.05, 4.69) is 15.2 Å². The third-order valence-corrected chi connectivity index (χ3v) is 7.90. The predicted octanol–water partition coefficient (Wildman–Crippen LogP) is 3.40. The normalized spacial score (nSPS) is 18.6. The van der Waals surface area contributed by atoms with Gasteiger partial charge in [-0.25, -0.2) is 4.39 Å². The Bertz CT molecular complexity index is 1520. The molecule has 2 aliphatic heterocycles. The fourth-order valence-electron chi connectivity index (χ4n) is 5.43. The van der Waals surface area contributed by atoms with Gasteiger partial charge in [0.2, 0.25) is 5.56 Å². The lowest BCUT2D eigenvalue weighted by atomic mass is 10.00. The van der Waals surface area contributed by atoms with E-state index >= 15 is 4.39 Å². The lowest BCUT2D eigenvalue weighted by molar-refractivity contribution is -0.138. The maximum atomic E-state index is 15.2. The monoisotopic (exact) mass is 603 g/mol. The SMILES string of the molecule is CN1CCN(c2ccc(-c3cc(CN4CCOCC4)ccc3F)cc2NC(=O)c2c[nH]c(=O)cc2C(F)(F)F)CC1CO. The minimum atomic E-state index is -4.94. The van der Waals surface area contributed by atoms with Crippen molar-refractivity contribution in [1.29, 1.82) is 0 Å². The molecule has 1 aromatic heterocycles. The lowest BCUT2D eigenvalue weighted by Gasteiger charge is -2.40. The number of hydrogen-bond donors (Lipinski definition) is 3. The van der Waals surface area contributed by atoms with Crippen LogP contribution in [0.5, 0.6) is 0 Å². The summed E-state index contributed by atoms with van der Waals surface area (Å²) in [6.45, 7) is 4.73. The summed E-state index contributed by atoms with van der Waals surface area (Å²) in [4.78, 5) is 33.2. The Kier molecular flexibility index (Phi) is 9.16. The van der Waals surface area contributed by atoms with Crippen molar-refractivity contribution < 1.29 is 32.2 Å². The van der Waals surface area contributed by atoms with Gasteiger partial charge in [0.25, 0.3) is 5.91 Å². The first-order valence-corrected chi connectivity index (χ1v) is 13.9. The Hall–Kier alpha value is -3.78. The van der Waals surface area contributed by atoms with Crippen LogP contribution in [0.15, 0.2) is 53.5 Å². The summed E-state index contributed by atoms with van der Waals surface area (Å²) in [6, 6.07) is 9.88. The predicted molar refractivity (Wildman–Crippen MR) is 154 cm³/mol. The van der Waals surface area contributed by atoms with Crippen LogP contribution in [-0.4, -0.2) is 91.4 Å². The summed E-state index contributed by atoms with van der Waals surface area (Å²) >= 11 is 0. The standard InChI is InChI=1S/C30H33F4N5O4/c1-37-6-7-39(17-21(37)18-40)27-5-3-20(22-12-19(2-4-25(22)31)16-38-8-10-43-11-9-38)13-26(27)36-29(42)23-15-35-28(41)14-24(23)30(32,33)34/h2-5,12-15,21,40H,6-11,16-18H2,1H3,(H,35,41)(H,36,42). The summed E-state index contributed by atoms with van der Waals surface area (Å²) in [7, 11) is 1.88. The zero-order chi connectivity index (χ0) is 30.7. The smallest absolute Gasteiger partial charge is 0.395 e. The van der Waals surface area contributed by atoms with Gasteiger partial charge in [0.05, 0.1) is 48.4 Å². The first-order valence-electron chi connectivity index (χ1n) is 13.9. The molecule has 3 heterocycles. The molecule has 1 atom stereocenters. The highest BCUT2D eigenvalue weighted by Crippen LogP contribution is 2.36. The molecule has 230 valence electrons. The minimum absolute atomic E-state index is 0.111. The number of nitrogens with zero attached hydrogens (tertiary/aromatic N) is 3. The van der Waals surface area contributed by atoms with E-state index in [-0.39, 0.29) is 23.9 Å². The van der Waals surface area contributed by atoms with Crippen LogP contribution in [0.3, 0.4) is 0 Å². The number of pyridine rings is 1. The number of aliphatic hydroxyl groups is 1. The molecular weight excluding hydrogens is 570 g/mol. The summed E-state index contributed by atoms with van der Waals surface area (Å²) in [5.74, 6) is -1.58. The van der Waals surface area contributed by atoms with E-state index in [9.17, 15) is 27.9 Å². The Labute approximate surface area is 245 Å². The number of aliphatic hydroxyl groups excluding tert-OH is 1. The quantitative estimate of drug-likeness (QED) is 0.356. The Morgan fingerprint density at radius 1 is 1.09 bits per heavy atom. The van der Waals surface area contributed by atoms with Crippen LogP contribution < -0.4 is 15.8 Å². The third-order valence-electron chi connectivity index (χ3n) is 7.90. The summed E-state index contributed by atoms with van der Waals surface area (Å²) < 4.78 is 61.8. The highest BCUT2D eigenvalue weighted by molar-refractivity contribution is 6.07. The third kappa shape index (κ3) is 7.07. The zero-order valence-corrected chi connectivity index (χ0v) is 23.6. The molecule has 0 saturated carbocycles. The number of ether oxygens (including phenoxy) is 1. The van der Waals surface area contributed by atoms with E-state index in [0.717, 1.165) is 24.8 Å². The largest absolute Gasteiger partial charge is 0.417 e. The molecule has 0 spiro atoms. The average Bonchev–Trinajstić information content (AvgIpc) is 2.98. The van der Waals surface area contributed by atoms with Crippen molar-refractivity contribution in [1.82, 2.24) is 14.8 Å². The molecule has 0 bridgehead atoms. The molecule has 3 aromatic rings. The first kappa shape index (κ1) is 30.7. The van der Waals surface area contributed by atoms with Crippen LogP contribution in [-0.2, 0) is 17.5 Å². The molecular formula is C30H33F4N5O4. The van der Waals surface area contributed by atoms with E-state index in [0.29, 0.717) is 56.7 Å². The second-order valence-electron chi connectivity index (χ2n) is 10.8. The molecule has 1 unspecified atom stereocenters. The molecule has 0 aliphatic carbocycles. The number of nitrogens with one attached hydrogen (secondary N) is 2. The fourth-order valence-corrected chi connectivity index (χ4v) is 5.43. The maximum absolute atomic E-state index is 15.2. The van der Waals surface area contributed by atoms with Crippen molar-refractivity contribution in [3.05, 3.63) is 81.5 Å². The summed E-state index contributed by atoms with van der Waals surface area (Å²) in [5.41, 5.74) is -0.868. The van der Waals surface area contributed by atoms with Gasteiger partial charge in [-0.3, -0.25) is 19.4 Å². The lowest BCUT2D eigenvalue weighted by Crippen LogP contribution is -2.53. The Morgan fingerprint density at radius 2 is 1.86 bits per heavy atom. The molecule has 5 rings (SSSR count). The highest BCUT2D eigenvalue weighted by Gasteiger charge is 2.36. The highest BCUT2D eigenvalue weighted by atomic mass is 19.4. The van der Waals surface area contributed by atoms with E-state index in [1.165, 1.54) is 12.1 Å². The molecule has 2 aromatic carbocycles. The van der Waals surface area contributed by atoms with Crippen LogP contribution in [0.25, 0.3) is 11.1 Å². The second-order valence-corrected chi connectivity index (χ2v) is 10.8. The van der Waals surface area contributed by atoms with Crippen molar-refractivity contribution in [2.45, 2.75) is 18.8 Å². The molecule has 0 radical (unpaired) electrons. The molecule has 2 aliphatic rings. The van der Waals surface area contributed by atoms with Crippen molar-refractivity contribution >= 4 is 17.3 Å². The van der Waals surface area contributed by atoms with Crippen molar-refractivity contribution in [2.24, 2.45) is 0 Å². The molecule has 9 nitrogen and oxygen atoms in total. The molecule has 13 heteroatoms. The number of H-pyrrole nitrogens is 1. The first-order chi connectivity index (χ1) is 20.5. The number of benzene rings is 2. The number of piperazine rings is 1. The van der Waals surface area contributed by atoms with E-state index in [1.54, 1.807) is 24.3 Å². The number of morpholine rings is 1. The number of anilines is 2. The number of aromatic nitrogens is 1. The number of aromatic amines is 1. The van der Waals surface area contributed by atoms with Gasteiger partial charge >= 0.3 is 6.18 Å². The molecule has 1 amide bonds. The average molecular weight is 604 g/mol. The summed E-state index contributed by atoms with van der Waals surface area (Å²) in [6.07, 6.45) is -4.21. The number of carbonyl (C=O) groups is 1. The molecule has 3 N–H and O–H groups in total. The van der Waals surface area contributed by atoms with E-state index in [4.69, 9.17) is 4.74 Å². The topological polar surface area (TPSA) is 101 Å². The number of amides is 1. The molecule has 2 fully saturated rings. The van der Waals surface area contributed by atoms with Crippen LogP contribution in [0.2, 0.25) is 0 Å². The van der Waals surface area contributed by atoms with Gasteiger partial charge in [-0.1, -0.05) is 12.1 Å². The van der Waals surface area contributed by atoms with Gasteiger partial charge in [0.1, 0.15) is 5.82 Å². The fraction of sp³-hybridized carbons (Fsp3) is 0.400. The number of alkyl halides is 3. The zero-order valence-electron chi connectivity index (χ0n) is 23.6. The van der Waals surface area contributed by atoms with E-state index in [1.807, 2.05) is 16.8 Å². The number of carbonyl (C=O) groups excluding carboxylic acids is 1. The number of halogens is 4. The van der Waals surface area contributed by atoms with Crippen molar-refractivity contribution in [3.63, 3.8) is 0 Å². The van der Waals surface area contributed by atoms with Crippen LogP contribution >= 0.6 is 0 Å². The van der Waals surface area contributed by atoms with Crippen LogP contribution in [0.1, 0.15) is 21.5 Å². The second kappa shape index (κ2) is 12.8. The van der Waals surface area contributed by atoms with E-state index < -0.39 is 34.6 Å². The van der Waals surface area contributed by atoms with Crippen molar-refractivity contribution in [2.75, 3.05) is 69.8 Å². The summed E-state index contributed by atoms with van der Waals surface area (Å²) in [5, 5.41) is 12.4. The van der Waals surface area contributed by atoms with Crippen LogP contribution in [0, 0.1) is 5.82 Å². The Balaban J connectivity index is 1.53.